The SMILES string of the molecule is CCc1[nH]nc(C(=O)N2C[C@@H]3CC[C@H](Oc4cccc(F)c4)[C@@H]3C2)c1C. The first kappa shape index (κ1) is 17.1. The van der Waals surface area contributed by atoms with Crippen molar-refractivity contribution in [2.24, 2.45) is 11.8 Å². The monoisotopic (exact) mass is 357 g/mol. The third-order valence-corrected chi connectivity index (χ3v) is 5.83. The number of fused-ring (bicyclic) bond motifs is 1. The molecule has 6 heteroatoms. The summed E-state index contributed by atoms with van der Waals surface area (Å²) >= 11 is 0. The minimum atomic E-state index is -0.291. The highest BCUT2D eigenvalue weighted by molar-refractivity contribution is 5.94. The molecule has 2 aromatic rings. The molecule has 1 aromatic carbocycles. The molecular formula is C20H24FN3O2. The van der Waals surface area contributed by atoms with Crippen LogP contribution >= 0.6 is 0 Å². The number of carbonyl (C=O) groups excluding carboxylic acids is 1. The molecule has 0 bridgehead atoms. The quantitative estimate of drug-likeness (QED) is 0.913. The molecule has 5 nitrogen and oxygen atoms in total. The van der Waals surface area contributed by atoms with Gasteiger partial charge in [-0.3, -0.25) is 9.89 Å². The van der Waals surface area contributed by atoms with E-state index in [9.17, 15) is 9.18 Å². The number of hydrogen-bond acceptors (Lipinski definition) is 3. The first-order valence-electron chi connectivity index (χ1n) is 9.32. The molecule has 1 aliphatic carbocycles. The van der Waals surface area contributed by atoms with E-state index in [1.54, 1.807) is 12.1 Å². The number of benzene rings is 1. The van der Waals surface area contributed by atoms with E-state index in [1.807, 2.05) is 18.7 Å². The van der Waals surface area contributed by atoms with Crippen molar-refractivity contribution in [3.05, 3.63) is 47.0 Å². The van der Waals surface area contributed by atoms with Gasteiger partial charge in [0.05, 0.1) is 0 Å². The molecule has 4 rings (SSSR count). The standard InChI is InChI=1S/C20H24FN3O2/c1-3-17-12(2)19(23-22-17)20(25)24-10-13-7-8-18(16(13)11-24)26-15-6-4-5-14(21)9-15/h4-6,9,13,16,18H,3,7-8,10-11H2,1-2H3,(H,22,23)/t13-,16+,18-/m0/s1. The molecule has 138 valence electrons. The second-order valence-corrected chi connectivity index (χ2v) is 7.35. The number of aromatic amines is 1. The van der Waals surface area contributed by atoms with Crippen molar-refractivity contribution in [2.75, 3.05) is 13.1 Å². The summed E-state index contributed by atoms with van der Waals surface area (Å²) in [4.78, 5) is 14.8. The normalized spacial score (nSPS) is 24.7. The third kappa shape index (κ3) is 2.97. The van der Waals surface area contributed by atoms with Crippen LogP contribution in [0.5, 0.6) is 5.75 Å². The number of aromatic nitrogens is 2. The Balaban J connectivity index is 1.45. The molecule has 3 atom stereocenters. The van der Waals surface area contributed by atoms with Crippen LogP contribution in [0.25, 0.3) is 0 Å². The molecule has 1 aliphatic heterocycles. The number of ether oxygens (including phenoxy) is 1. The number of rotatable bonds is 4. The summed E-state index contributed by atoms with van der Waals surface area (Å²) in [7, 11) is 0. The maximum Gasteiger partial charge on any atom is 0.274 e. The number of nitrogens with zero attached hydrogens (tertiary/aromatic N) is 2. The highest BCUT2D eigenvalue weighted by Crippen LogP contribution is 2.40. The number of hydrogen-bond donors (Lipinski definition) is 1. The fourth-order valence-corrected chi connectivity index (χ4v) is 4.38. The highest BCUT2D eigenvalue weighted by Gasteiger charge is 2.45. The molecule has 2 aliphatic rings. The van der Waals surface area contributed by atoms with Crippen LogP contribution in [0.3, 0.4) is 0 Å². The molecule has 0 spiro atoms. The van der Waals surface area contributed by atoms with Gasteiger partial charge in [0, 0.05) is 36.3 Å². The summed E-state index contributed by atoms with van der Waals surface area (Å²) in [5, 5.41) is 7.20. The third-order valence-electron chi connectivity index (χ3n) is 5.83. The summed E-state index contributed by atoms with van der Waals surface area (Å²) in [5.41, 5.74) is 2.49. The van der Waals surface area contributed by atoms with E-state index in [4.69, 9.17) is 4.74 Å². The molecule has 1 N–H and O–H groups in total. The first-order chi connectivity index (χ1) is 12.6. The lowest BCUT2D eigenvalue weighted by molar-refractivity contribution is 0.0756. The van der Waals surface area contributed by atoms with Crippen molar-refractivity contribution in [1.29, 1.82) is 0 Å². The molecule has 2 heterocycles. The second kappa shape index (κ2) is 6.74. The zero-order valence-electron chi connectivity index (χ0n) is 15.2. The Morgan fingerprint density at radius 1 is 1.38 bits per heavy atom. The Bertz CT molecular complexity index is 819. The number of likely N-dealkylation sites (tertiary alicyclic amines) is 1. The van der Waals surface area contributed by atoms with Gasteiger partial charge in [-0.05, 0) is 44.2 Å². The van der Waals surface area contributed by atoms with Gasteiger partial charge in [0.2, 0.25) is 0 Å². The van der Waals surface area contributed by atoms with Crippen molar-refractivity contribution in [3.63, 3.8) is 0 Å². The predicted octanol–water partition coefficient (Wildman–Crippen LogP) is 3.35. The van der Waals surface area contributed by atoms with Crippen molar-refractivity contribution < 1.29 is 13.9 Å². The molecule has 1 saturated heterocycles. The van der Waals surface area contributed by atoms with E-state index in [0.717, 1.165) is 37.1 Å². The lowest BCUT2D eigenvalue weighted by Gasteiger charge is -2.22. The van der Waals surface area contributed by atoms with Crippen LogP contribution in [-0.2, 0) is 6.42 Å². The zero-order valence-corrected chi connectivity index (χ0v) is 15.2. The van der Waals surface area contributed by atoms with E-state index in [0.29, 0.717) is 29.8 Å². The van der Waals surface area contributed by atoms with Crippen molar-refractivity contribution >= 4 is 5.91 Å². The average molecular weight is 357 g/mol. The second-order valence-electron chi connectivity index (χ2n) is 7.35. The Morgan fingerprint density at radius 2 is 2.23 bits per heavy atom. The van der Waals surface area contributed by atoms with Gasteiger partial charge < -0.3 is 9.64 Å². The topological polar surface area (TPSA) is 58.2 Å². The fraction of sp³-hybridized carbons (Fsp3) is 0.500. The van der Waals surface area contributed by atoms with Crippen LogP contribution in [0.4, 0.5) is 4.39 Å². The van der Waals surface area contributed by atoms with Crippen LogP contribution in [0.15, 0.2) is 24.3 Å². The largest absolute Gasteiger partial charge is 0.490 e. The van der Waals surface area contributed by atoms with Gasteiger partial charge in [-0.1, -0.05) is 13.0 Å². The van der Waals surface area contributed by atoms with E-state index < -0.39 is 0 Å². The van der Waals surface area contributed by atoms with Gasteiger partial charge in [0.25, 0.3) is 5.91 Å². The van der Waals surface area contributed by atoms with Crippen LogP contribution in [0.2, 0.25) is 0 Å². The van der Waals surface area contributed by atoms with Gasteiger partial charge in [-0.2, -0.15) is 5.10 Å². The van der Waals surface area contributed by atoms with Crippen LogP contribution in [0.1, 0.15) is 41.5 Å². The zero-order chi connectivity index (χ0) is 18.3. The highest BCUT2D eigenvalue weighted by atomic mass is 19.1. The summed E-state index contributed by atoms with van der Waals surface area (Å²) in [5.74, 6) is 1.02. The minimum absolute atomic E-state index is 0.00245. The summed E-state index contributed by atoms with van der Waals surface area (Å²) in [6.07, 6.45) is 2.86. The first-order valence-corrected chi connectivity index (χ1v) is 9.32. The molecule has 2 fully saturated rings. The van der Waals surface area contributed by atoms with Gasteiger partial charge in [-0.25, -0.2) is 4.39 Å². The maximum absolute atomic E-state index is 13.4. The van der Waals surface area contributed by atoms with Crippen LogP contribution in [0, 0.1) is 24.6 Å². The number of halogens is 1. The van der Waals surface area contributed by atoms with Crippen LogP contribution in [-0.4, -0.2) is 40.2 Å². The number of amides is 1. The lowest BCUT2D eigenvalue weighted by atomic mass is 9.99. The van der Waals surface area contributed by atoms with Crippen molar-refractivity contribution in [2.45, 2.75) is 39.2 Å². The van der Waals surface area contributed by atoms with E-state index in [-0.39, 0.29) is 17.8 Å². The summed E-state index contributed by atoms with van der Waals surface area (Å²) in [6.45, 7) is 5.42. The van der Waals surface area contributed by atoms with Crippen molar-refractivity contribution in [3.8, 4) is 5.75 Å². The van der Waals surface area contributed by atoms with Gasteiger partial charge in [-0.15, -0.1) is 0 Å². The minimum Gasteiger partial charge on any atom is -0.490 e. The molecule has 26 heavy (non-hydrogen) atoms. The Morgan fingerprint density at radius 3 is 2.96 bits per heavy atom. The fourth-order valence-electron chi connectivity index (χ4n) is 4.38. The number of carbonyl (C=O) groups is 1. The molecule has 1 aromatic heterocycles. The summed E-state index contributed by atoms with van der Waals surface area (Å²) in [6, 6.07) is 6.28. The Kier molecular flexibility index (Phi) is 4.42. The Hall–Kier alpha value is -2.37. The summed E-state index contributed by atoms with van der Waals surface area (Å²) < 4.78 is 19.4. The Labute approximate surface area is 152 Å². The number of aryl methyl sites for hydroxylation is 1. The maximum atomic E-state index is 13.4. The predicted molar refractivity (Wildman–Crippen MR) is 95.6 cm³/mol. The molecule has 1 amide bonds. The molecule has 0 unspecified atom stereocenters. The molecule has 1 saturated carbocycles. The average Bonchev–Trinajstić information content (AvgIpc) is 3.30. The number of nitrogens with one attached hydrogen (secondary N) is 1. The molecule has 0 radical (unpaired) electrons. The smallest absolute Gasteiger partial charge is 0.274 e. The van der Waals surface area contributed by atoms with E-state index >= 15 is 0 Å². The van der Waals surface area contributed by atoms with E-state index in [2.05, 4.69) is 10.2 Å². The van der Waals surface area contributed by atoms with Gasteiger partial charge >= 0.3 is 0 Å². The van der Waals surface area contributed by atoms with Crippen LogP contribution < -0.4 is 4.74 Å². The van der Waals surface area contributed by atoms with Crippen molar-refractivity contribution in [1.82, 2.24) is 15.1 Å². The van der Waals surface area contributed by atoms with Gasteiger partial charge in [0.15, 0.2) is 5.69 Å². The van der Waals surface area contributed by atoms with Gasteiger partial charge in [0.1, 0.15) is 17.7 Å². The number of H-pyrrole nitrogens is 1. The van der Waals surface area contributed by atoms with E-state index in [1.165, 1.54) is 12.1 Å². The lowest BCUT2D eigenvalue weighted by Crippen LogP contribution is -2.33. The molecular weight excluding hydrogens is 333 g/mol.